The number of aliphatic carboxylic acids is 1. The summed E-state index contributed by atoms with van der Waals surface area (Å²) in [6.07, 6.45) is 2.25. The molecule has 1 aliphatic rings. The molecule has 1 amide bonds. The number of amides is 1. The van der Waals surface area contributed by atoms with Crippen LogP contribution >= 0.6 is 0 Å². The van der Waals surface area contributed by atoms with Crippen LogP contribution in [-0.2, 0) is 16.0 Å². The molecule has 1 aromatic carbocycles. The molecule has 1 atom stereocenters. The van der Waals surface area contributed by atoms with E-state index in [1.807, 2.05) is 24.3 Å². The molecule has 1 unspecified atom stereocenters. The summed E-state index contributed by atoms with van der Waals surface area (Å²) in [6.45, 7) is 0.550. The van der Waals surface area contributed by atoms with Crippen molar-refractivity contribution in [1.82, 2.24) is 4.90 Å². The number of benzene rings is 1. The first-order valence-corrected chi connectivity index (χ1v) is 6.77. The third kappa shape index (κ3) is 3.29. The number of rotatable bonds is 5. The molecule has 5 nitrogen and oxygen atoms in total. The van der Waals surface area contributed by atoms with Crippen molar-refractivity contribution < 1.29 is 19.4 Å². The fourth-order valence-electron chi connectivity index (χ4n) is 2.54. The molecule has 0 bridgehead atoms. The molecule has 2 rings (SSSR count). The second-order valence-electron chi connectivity index (χ2n) is 4.93. The van der Waals surface area contributed by atoms with Gasteiger partial charge < -0.3 is 14.7 Å². The highest BCUT2D eigenvalue weighted by Gasteiger charge is 2.33. The Morgan fingerprint density at radius 3 is 2.95 bits per heavy atom. The number of carbonyl (C=O) groups excluding carboxylic acids is 1. The number of likely N-dealkylation sites (tertiary alicyclic amines) is 1. The first-order valence-electron chi connectivity index (χ1n) is 6.77. The molecule has 1 heterocycles. The lowest BCUT2D eigenvalue weighted by molar-refractivity contribution is -0.148. The lowest BCUT2D eigenvalue weighted by atomic mass is 10.1. The maximum atomic E-state index is 12.1. The molecule has 0 spiro atoms. The van der Waals surface area contributed by atoms with E-state index in [2.05, 4.69) is 0 Å². The van der Waals surface area contributed by atoms with E-state index < -0.39 is 12.0 Å². The number of carbonyl (C=O) groups is 2. The second-order valence-corrected chi connectivity index (χ2v) is 4.93. The van der Waals surface area contributed by atoms with E-state index in [0.717, 1.165) is 17.7 Å². The van der Waals surface area contributed by atoms with Crippen LogP contribution in [0.1, 0.15) is 24.8 Å². The minimum absolute atomic E-state index is 0.0854. The molecule has 108 valence electrons. The number of hydrogen-bond donors (Lipinski definition) is 1. The molecule has 1 aliphatic heterocycles. The van der Waals surface area contributed by atoms with Gasteiger partial charge in [-0.2, -0.15) is 0 Å². The van der Waals surface area contributed by atoms with Gasteiger partial charge in [-0.1, -0.05) is 12.1 Å². The number of aryl methyl sites for hydroxylation is 1. The molecule has 0 aromatic heterocycles. The first-order chi connectivity index (χ1) is 9.61. The molecule has 1 aromatic rings. The topological polar surface area (TPSA) is 66.8 Å². The highest BCUT2D eigenvalue weighted by atomic mass is 16.5. The molecular weight excluding hydrogens is 258 g/mol. The van der Waals surface area contributed by atoms with E-state index in [0.29, 0.717) is 25.8 Å². The summed E-state index contributed by atoms with van der Waals surface area (Å²) >= 11 is 0. The van der Waals surface area contributed by atoms with Crippen LogP contribution < -0.4 is 4.74 Å². The van der Waals surface area contributed by atoms with Gasteiger partial charge in [-0.25, -0.2) is 4.79 Å². The SMILES string of the molecule is COc1cccc(CCC(=O)N2CCCC2C(=O)O)c1. The van der Waals surface area contributed by atoms with Crippen molar-refractivity contribution in [2.75, 3.05) is 13.7 Å². The zero-order valence-electron chi connectivity index (χ0n) is 11.5. The van der Waals surface area contributed by atoms with E-state index in [9.17, 15) is 9.59 Å². The predicted octanol–water partition coefficient (Wildman–Crippen LogP) is 1.70. The number of ether oxygens (including phenoxy) is 1. The van der Waals surface area contributed by atoms with Crippen LogP contribution in [0.15, 0.2) is 24.3 Å². The van der Waals surface area contributed by atoms with Crippen LogP contribution in [-0.4, -0.2) is 41.6 Å². The second kappa shape index (κ2) is 6.41. The maximum absolute atomic E-state index is 12.1. The molecular formula is C15H19NO4. The van der Waals surface area contributed by atoms with Crippen molar-refractivity contribution in [1.29, 1.82) is 0 Å². The van der Waals surface area contributed by atoms with Crippen molar-refractivity contribution in [2.24, 2.45) is 0 Å². The van der Waals surface area contributed by atoms with Crippen molar-refractivity contribution in [2.45, 2.75) is 31.7 Å². The Kier molecular flexibility index (Phi) is 4.61. The van der Waals surface area contributed by atoms with Gasteiger partial charge in [0.25, 0.3) is 0 Å². The van der Waals surface area contributed by atoms with Crippen LogP contribution in [0.5, 0.6) is 5.75 Å². The van der Waals surface area contributed by atoms with E-state index in [-0.39, 0.29) is 5.91 Å². The van der Waals surface area contributed by atoms with Crippen molar-refractivity contribution in [3.63, 3.8) is 0 Å². The summed E-state index contributed by atoms with van der Waals surface area (Å²) in [7, 11) is 1.60. The lowest BCUT2D eigenvalue weighted by Crippen LogP contribution is -2.40. The molecule has 1 fully saturated rings. The zero-order valence-corrected chi connectivity index (χ0v) is 11.5. The normalized spacial score (nSPS) is 18.1. The number of carboxylic acid groups (broad SMARTS) is 1. The largest absolute Gasteiger partial charge is 0.497 e. The third-order valence-electron chi connectivity index (χ3n) is 3.62. The van der Waals surface area contributed by atoms with Gasteiger partial charge in [0.15, 0.2) is 0 Å². The summed E-state index contributed by atoms with van der Waals surface area (Å²) in [5, 5.41) is 9.08. The Morgan fingerprint density at radius 1 is 1.45 bits per heavy atom. The van der Waals surface area contributed by atoms with Gasteiger partial charge in [-0.05, 0) is 37.0 Å². The van der Waals surface area contributed by atoms with Gasteiger partial charge in [0, 0.05) is 13.0 Å². The zero-order chi connectivity index (χ0) is 14.5. The van der Waals surface area contributed by atoms with Crippen LogP contribution in [0.3, 0.4) is 0 Å². The van der Waals surface area contributed by atoms with E-state index in [1.54, 1.807) is 7.11 Å². The lowest BCUT2D eigenvalue weighted by Gasteiger charge is -2.21. The highest BCUT2D eigenvalue weighted by molar-refractivity contribution is 5.84. The van der Waals surface area contributed by atoms with Crippen molar-refractivity contribution in [3.05, 3.63) is 29.8 Å². The Labute approximate surface area is 118 Å². The fraction of sp³-hybridized carbons (Fsp3) is 0.467. The van der Waals surface area contributed by atoms with Crippen molar-refractivity contribution in [3.8, 4) is 5.75 Å². The van der Waals surface area contributed by atoms with Crippen molar-refractivity contribution >= 4 is 11.9 Å². The Balaban J connectivity index is 1.93. The maximum Gasteiger partial charge on any atom is 0.326 e. The third-order valence-corrected chi connectivity index (χ3v) is 3.62. The number of hydrogen-bond acceptors (Lipinski definition) is 3. The van der Waals surface area contributed by atoms with Crippen LogP contribution in [0, 0.1) is 0 Å². The van der Waals surface area contributed by atoms with E-state index >= 15 is 0 Å². The van der Waals surface area contributed by atoms with Crippen LogP contribution in [0.4, 0.5) is 0 Å². The van der Waals surface area contributed by atoms with Gasteiger partial charge in [0.2, 0.25) is 5.91 Å². The Morgan fingerprint density at radius 2 is 2.25 bits per heavy atom. The molecule has 0 saturated carbocycles. The molecule has 1 saturated heterocycles. The molecule has 5 heteroatoms. The summed E-state index contributed by atoms with van der Waals surface area (Å²) in [6, 6.07) is 6.93. The van der Waals surface area contributed by atoms with E-state index in [4.69, 9.17) is 9.84 Å². The Bertz CT molecular complexity index is 500. The summed E-state index contributed by atoms with van der Waals surface area (Å²) < 4.78 is 5.14. The first kappa shape index (κ1) is 14.4. The predicted molar refractivity (Wildman–Crippen MR) is 73.7 cm³/mol. The quantitative estimate of drug-likeness (QED) is 0.889. The molecule has 0 radical (unpaired) electrons. The van der Waals surface area contributed by atoms with Crippen LogP contribution in [0.2, 0.25) is 0 Å². The molecule has 0 aliphatic carbocycles. The standard InChI is InChI=1S/C15H19NO4/c1-20-12-5-2-4-11(10-12)7-8-14(17)16-9-3-6-13(16)15(18)19/h2,4-5,10,13H,3,6-9H2,1H3,(H,18,19). The molecule has 1 N–H and O–H groups in total. The minimum Gasteiger partial charge on any atom is -0.497 e. The summed E-state index contributed by atoms with van der Waals surface area (Å²) in [5.74, 6) is -0.227. The molecule has 20 heavy (non-hydrogen) atoms. The van der Waals surface area contributed by atoms with Gasteiger partial charge in [0.1, 0.15) is 11.8 Å². The van der Waals surface area contributed by atoms with Gasteiger partial charge in [-0.3, -0.25) is 4.79 Å². The van der Waals surface area contributed by atoms with Gasteiger partial charge in [-0.15, -0.1) is 0 Å². The smallest absolute Gasteiger partial charge is 0.326 e. The van der Waals surface area contributed by atoms with Gasteiger partial charge >= 0.3 is 5.97 Å². The van der Waals surface area contributed by atoms with Gasteiger partial charge in [0.05, 0.1) is 7.11 Å². The minimum atomic E-state index is -0.905. The van der Waals surface area contributed by atoms with Crippen LogP contribution in [0.25, 0.3) is 0 Å². The average Bonchev–Trinajstić information content (AvgIpc) is 2.94. The average molecular weight is 277 g/mol. The number of nitrogens with zero attached hydrogens (tertiary/aromatic N) is 1. The highest BCUT2D eigenvalue weighted by Crippen LogP contribution is 2.20. The summed E-state index contributed by atoms with van der Waals surface area (Å²) in [4.78, 5) is 24.7. The monoisotopic (exact) mass is 277 g/mol. The number of carboxylic acids is 1. The Hall–Kier alpha value is -2.04. The van der Waals surface area contributed by atoms with E-state index in [1.165, 1.54) is 4.90 Å². The fourth-order valence-corrected chi connectivity index (χ4v) is 2.54. The number of methoxy groups -OCH3 is 1. The summed E-state index contributed by atoms with van der Waals surface area (Å²) in [5.41, 5.74) is 1.02.